The number of hydrogen-bond donors (Lipinski definition) is 0. The predicted octanol–water partition coefficient (Wildman–Crippen LogP) is 2.59. The molecule has 0 aliphatic heterocycles. The fourth-order valence-electron chi connectivity index (χ4n) is 2.55. The van der Waals surface area contributed by atoms with Crippen LogP contribution in [0, 0.1) is 6.92 Å². The van der Waals surface area contributed by atoms with Gasteiger partial charge in [0.1, 0.15) is 6.61 Å². The molecule has 0 spiro atoms. The lowest BCUT2D eigenvalue weighted by Gasteiger charge is -2.08. The van der Waals surface area contributed by atoms with Crippen molar-refractivity contribution in [3.05, 3.63) is 52.3 Å². The molecule has 0 unspecified atom stereocenters. The summed E-state index contributed by atoms with van der Waals surface area (Å²) in [6.07, 6.45) is 0. The Morgan fingerprint density at radius 2 is 2.04 bits per heavy atom. The molecular weight excluding hydrogens is 386 g/mol. The van der Waals surface area contributed by atoms with Gasteiger partial charge in [-0.15, -0.1) is 0 Å². The Labute approximate surface area is 151 Å². The molecule has 0 amide bonds. The molecule has 4 rings (SSSR count). The molecule has 0 N–H and O–H groups in total. The molecule has 0 saturated heterocycles. The number of fused-ring (bicyclic) bond motifs is 1. The summed E-state index contributed by atoms with van der Waals surface area (Å²) >= 11 is 3.49. The number of halogens is 1. The average Bonchev–Trinajstić information content (AvgIpc) is 3.15. The molecule has 1 aromatic carbocycles. The van der Waals surface area contributed by atoms with E-state index in [9.17, 15) is 0 Å². The van der Waals surface area contributed by atoms with Crippen LogP contribution in [0.3, 0.4) is 0 Å². The molecule has 3 aromatic heterocycles. The Balaban J connectivity index is 1.79. The summed E-state index contributed by atoms with van der Waals surface area (Å²) in [5, 5.41) is 11.7. The monoisotopic (exact) mass is 399 g/mol. The van der Waals surface area contributed by atoms with Crippen molar-refractivity contribution in [2.45, 2.75) is 13.5 Å². The molecule has 25 heavy (non-hydrogen) atoms. The average molecular weight is 400 g/mol. The van der Waals surface area contributed by atoms with Crippen molar-refractivity contribution in [1.82, 2.24) is 34.7 Å². The minimum atomic E-state index is 0.303. The van der Waals surface area contributed by atoms with Gasteiger partial charge in [0.05, 0.1) is 16.7 Å². The number of nitrogens with zero attached hydrogens (tertiary/aromatic N) is 7. The molecule has 3 heterocycles. The molecule has 0 atom stereocenters. The topological polar surface area (TPSA) is 83.5 Å². The number of imidazole rings is 1. The summed E-state index contributed by atoms with van der Waals surface area (Å²) in [7, 11) is 1.77. The van der Waals surface area contributed by atoms with Crippen LogP contribution in [0.1, 0.15) is 11.4 Å². The van der Waals surface area contributed by atoms with Crippen molar-refractivity contribution in [3.63, 3.8) is 0 Å². The standard InChI is InChI=1S/C16H14BrN7O/c1-10-4-3-5-12(18-10)9-25-16-19-13-7-6-11(17)8-14(13)24(16)15-20-21-22-23(15)2/h3-8H,9H2,1-2H3. The van der Waals surface area contributed by atoms with Crippen LogP contribution in [0.4, 0.5) is 0 Å². The highest BCUT2D eigenvalue weighted by molar-refractivity contribution is 9.10. The van der Waals surface area contributed by atoms with Gasteiger partial charge in [-0.05, 0) is 47.7 Å². The van der Waals surface area contributed by atoms with Crippen molar-refractivity contribution in [2.24, 2.45) is 7.05 Å². The normalized spacial score (nSPS) is 11.2. The van der Waals surface area contributed by atoms with Gasteiger partial charge in [-0.3, -0.25) is 4.98 Å². The zero-order chi connectivity index (χ0) is 17.4. The van der Waals surface area contributed by atoms with E-state index in [0.717, 1.165) is 26.9 Å². The van der Waals surface area contributed by atoms with E-state index >= 15 is 0 Å². The van der Waals surface area contributed by atoms with Gasteiger partial charge in [-0.25, -0.2) is 9.25 Å². The van der Waals surface area contributed by atoms with E-state index in [4.69, 9.17) is 4.74 Å². The van der Waals surface area contributed by atoms with Crippen LogP contribution in [-0.2, 0) is 13.7 Å². The Morgan fingerprint density at radius 1 is 1.16 bits per heavy atom. The van der Waals surface area contributed by atoms with E-state index in [-0.39, 0.29) is 0 Å². The van der Waals surface area contributed by atoms with Crippen LogP contribution >= 0.6 is 15.9 Å². The first-order valence-corrected chi connectivity index (χ1v) is 8.37. The van der Waals surface area contributed by atoms with Gasteiger partial charge in [0.2, 0.25) is 0 Å². The van der Waals surface area contributed by atoms with Gasteiger partial charge in [-0.1, -0.05) is 27.1 Å². The smallest absolute Gasteiger partial charge is 0.305 e. The molecule has 0 aliphatic carbocycles. The highest BCUT2D eigenvalue weighted by Gasteiger charge is 2.18. The minimum absolute atomic E-state index is 0.303. The van der Waals surface area contributed by atoms with Crippen molar-refractivity contribution in [1.29, 1.82) is 0 Å². The first-order chi connectivity index (χ1) is 12.1. The van der Waals surface area contributed by atoms with Gasteiger partial charge >= 0.3 is 6.01 Å². The molecule has 9 heteroatoms. The second kappa shape index (κ2) is 6.25. The lowest BCUT2D eigenvalue weighted by atomic mass is 10.3. The summed E-state index contributed by atoms with van der Waals surface area (Å²) in [6, 6.07) is 12.0. The number of aryl methyl sites for hydroxylation is 2. The minimum Gasteiger partial charge on any atom is -0.458 e. The quantitative estimate of drug-likeness (QED) is 0.524. The number of benzene rings is 1. The van der Waals surface area contributed by atoms with Gasteiger partial charge in [-0.2, -0.15) is 4.98 Å². The third kappa shape index (κ3) is 2.98. The van der Waals surface area contributed by atoms with Crippen molar-refractivity contribution >= 4 is 27.0 Å². The highest BCUT2D eigenvalue weighted by Crippen LogP contribution is 2.27. The Hall–Kier alpha value is -2.81. The van der Waals surface area contributed by atoms with Crippen LogP contribution in [0.5, 0.6) is 6.01 Å². The molecule has 0 saturated carbocycles. The summed E-state index contributed by atoms with van der Waals surface area (Å²) in [4.78, 5) is 9.02. The van der Waals surface area contributed by atoms with Crippen LogP contribution in [0.15, 0.2) is 40.9 Å². The first kappa shape index (κ1) is 15.7. The Kier molecular flexibility index (Phi) is 3.92. The van der Waals surface area contributed by atoms with E-state index < -0.39 is 0 Å². The predicted molar refractivity (Wildman–Crippen MR) is 94.4 cm³/mol. The Bertz CT molecular complexity index is 1060. The molecule has 126 valence electrons. The summed E-state index contributed by atoms with van der Waals surface area (Å²) in [5.41, 5.74) is 3.41. The van der Waals surface area contributed by atoms with Crippen LogP contribution in [0.25, 0.3) is 17.0 Å². The second-order valence-corrected chi connectivity index (χ2v) is 6.44. The fraction of sp³-hybridized carbons (Fsp3) is 0.188. The Morgan fingerprint density at radius 3 is 2.80 bits per heavy atom. The third-order valence-electron chi connectivity index (χ3n) is 3.68. The van der Waals surface area contributed by atoms with Crippen molar-refractivity contribution in [2.75, 3.05) is 0 Å². The largest absolute Gasteiger partial charge is 0.458 e. The molecule has 0 radical (unpaired) electrons. The maximum absolute atomic E-state index is 5.95. The van der Waals surface area contributed by atoms with Gasteiger partial charge < -0.3 is 4.74 Å². The summed E-state index contributed by atoms with van der Waals surface area (Å²) < 4.78 is 10.2. The zero-order valence-electron chi connectivity index (χ0n) is 13.6. The third-order valence-corrected chi connectivity index (χ3v) is 4.17. The molecular formula is C16H14BrN7O. The van der Waals surface area contributed by atoms with E-state index in [0.29, 0.717) is 18.6 Å². The van der Waals surface area contributed by atoms with E-state index in [1.807, 2.05) is 43.3 Å². The number of rotatable bonds is 4. The SMILES string of the molecule is Cc1cccc(COc2nc3ccc(Br)cc3n2-c2nnnn2C)n1. The summed E-state index contributed by atoms with van der Waals surface area (Å²) in [5.74, 6) is 0.521. The first-order valence-electron chi connectivity index (χ1n) is 7.58. The van der Waals surface area contributed by atoms with E-state index in [2.05, 4.69) is 41.4 Å². The number of aromatic nitrogens is 7. The van der Waals surface area contributed by atoms with Crippen LogP contribution in [0.2, 0.25) is 0 Å². The van der Waals surface area contributed by atoms with Crippen LogP contribution < -0.4 is 4.74 Å². The number of ether oxygens (including phenoxy) is 1. The maximum atomic E-state index is 5.95. The number of pyridine rings is 1. The molecule has 0 aliphatic rings. The van der Waals surface area contributed by atoms with Crippen molar-refractivity contribution < 1.29 is 4.74 Å². The highest BCUT2D eigenvalue weighted by atomic mass is 79.9. The number of hydrogen-bond acceptors (Lipinski definition) is 6. The fourth-order valence-corrected chi connectivity index (χ4v) is 2.90. The van der Waals surface area contributed by atoms with Gasteiger partial charge in [0, 0.05) is 17.2 Å². The van der Waals surface area contributed by atoms with E-state index in [1.165, 1.54) is 0 Å². The van der Waals surface area contributed by atoms with Gasteiger partial charge in [0.25, 0.3) is 5.95 Å². The molecule has 0 bridgehead atoms. The van der Waals surface area contributed by atoms with E-state index in [1.54, 1.807) is 16.3 Å². The molecule has 4 aromatic rings. The second-order valence-electron chi connectivity index (χ2n) is 5.52. The lowest BCUT2D eigenvalue weighted by Crippen LogP contribution is -2.08. The number of tetrazole rings is 1. The zero-order valence-corrected chi connectivity index (χ0v) is 15.2. The lowest BCUT2D eigenvalue weighted by molar-refractivity contribution is 0.272. The molecule has 8 nitrogen and oxygen atoms in total. The maximum Gasteiger partial charge on any atom is 0.305 e. The molecule has 0 fully saturated rings. The van der Waals surface area contributed by atoms with Crippen LogP contribution in [-0.4, -0.2) is 34.7 Å². The van der Waals surface area contributed by atoms with Crippen molar-refractivity contribution in [3.8, 4) is 12.0 Å². The van der Waals surface area contributed by atoms with Gasteiger partial charge in [0.15, 0.2) is 0 Å². The summed E-state index contributed by atoms with van der Waals surface area (Å²) in [6.45, 7) is 2.25.